The smallest absolute Gasteiger partial charge is 0.124 e. The minimum Gasteiger partial charge on any atom is -0.545 e. The quantitative estimate of drug-likeness (QED) is 0.924. The lowest BCUT2D eigenvalue weighted by molar-refractivity contribution is -0.254. The van der Waals surface area contributed by atoms with Gasteiger partial charge in [0.25, 0.3) is 0 Å². The molecule has 4 heteroatoms. The lowest BCUT2D eigenvalue weighted by atomic mass is 9.67. The van der Waals surface area contributed by atoms with Gasteiger partial charge < -0.3 is 20.0 Å². The number of nitrogens with one attached hydrogen (secondary N) is 1. The van der Waals surface area contributed by atoms with Gasteiger partial charge in [0.15, 0.2) is 0 Å². The second-order valence-corrected chi connectivity index (χ2v) is 7.86. The van der Waals surface area contributed by atoms with Crippen LogP contribution in [-0.4, -0.2) is 13.1 Å². The minimum atomic E-state index is -1.12. The summed E-state index contributed by atoms with van der Waals surface area (Å²) >= 11 is 0. The third-order valence-electron chi connectivity index (χ3n) is 6.82. The van der Waals surface area contributed by atoms with Crippen molar-refractivity contribution in [1.29, 1.82) is 0 Å². The number of methoxy groups -OCH3 is 1. The normalized spacial score (nSPS) is 31.0. The Bertz CT molecular complexity index is 877. The van der Waals surface area contributed by atoms with E-state index < -0.39 is 5.97 Å². The molecule has 0 saturated heterocycles. The zero-order valence-electron chi connectivity index (χ0n) is 14.8. The first-order chi connectivity index (χ1) is 12.7. The Labute approximate surface area is 153 Å². The van der Waals surface area contributed by atoms with Crippen molar-refractivity contribution in [2.24, 2.45) is 17.8 Å². The van der Waals surface area contributed by atoms with E-state index in [9.17, 15) is 9.90 Å². The number of anilines is 1. The van der Waals surface area contributed by atoms with Gasteiger partial charge in [-0.05, 0) is 54.6 Å². The molecule has 0 aromatic heterocycles. The molecule has 0 amide bonds. The van der Waals surface area contributed by atoms with Gasteiger partial charge in [-0.1, -0.05) is 36.4 Å². The van der Waals surface area contributed by atoms with Crippen LogP contribution in [0.4, 0.5) is 5.69 Å². The van der Waals surface area contributed by atoms with Crippen LogP contribution in [0.5, 0.6) is 5.75 Å². The maximum atomic E-state index is 11.7. The highest BCUT2D eigenvalue weighted by atomic mass is 16.5. The molecule has 5 atom stereocenters. The number of carboxylic acid groups (broad SMARTS) is 1. The maximum absolute atomic E-state index is 11.7. The van der Waals surface area contributed by atoms with Crippen LogP contribution in [0.15, 0.2) is 42.5 Å². The van der Waals surface area contributed by atoms with E-state index in [1.54, 1.807) is 13.2 Å². The monoisotopic (exact) mass is 348 g/mol. The molecular weight excluding hydrogens is 326 g/mol. The van der Waals surface area contributed by atoms with E-state index in [0.717, 1.165) is 22.6 Å². The first-order valence-corrected chi connectivity index (χ1v) is 9.42. The van der Waals surface area contributed by atoms with Crippen molar-refractivity contribution in [2.45, 2.75) is 31.2 Å². The van der Waals surface area contributed by atoms with E-state index in [0.29, 0.717) is 23.7 Å². The fourth-order valence-corrected chi connectivity index (χ4v) is 5.92. The molecule has 134 valence electrons. The Morgan fingerprint density at radius 1 is 1.08 bits per heavy atom. The molecule has 4 nitrogen and oxygen atoms in total. The number of carbonyl (C=O) groups excluding carboxylic acids is 1. The number of hydrogen-bond donors (Lipinski definition) is 1. The third-order valence-corrected chi connectivity index (χ3v) is 6.82. The highest BCUT2D eigenvalue weighted by Gasteiger charge is 2.54. The Morgan fingerprint density at radius 2 is 1.85 bits per heavy atom. The molecule has 0 spiro atoms. The van der Waals surface area contributed by atoms with E-state index >= 15 is 0 Å². The van der Waals surface area contributed by atoms with Gasteiger partial charge in [0.2, 0.25) is 0 Å². The average Bonchev–Trinajstić information content (AvgIpc) is 3.29. The maximum Gasteiger partial charge on any atom is 0.124 e. The second-order valence-electron chi connectivity index (χ2n) is 7.86. The molecule has 2 fully saturated rings. The minimum absolute atomic E-state index is 0.0689. The Balaban J connectivity index is 1.69. The highest BCUT2D eigenvalue weighted by molar-refractivity contribution is 5.94. The van der Waals surface area contributed by atoms with Crippen molar-refractivity contribution in [1.82, 2.24) is 0 Å². The summed E-state index contributed by atoms with van der Waals surface area (Å²) < 4.78 is 5.62. The lowest BCUT2D eigenvalue weighted by Crippen LogP contribution is -2.37. The summed E-state index contributed by atoms with van der Waals surface area (Å²) in [5.41, 5.74) is 3.30. The summed E-state index contributed by atoms with van der Waals surface area (Å²) in [5.74, 6) is 1.98. The Morgan fingerprint density at radius 3 is 2.65 bits per heavy atom. The van der Waals surface area contributed by atoms with Gasteiger partial charge in [0.05, 0.1) is 19.1 Å². The molecule has 2 aromatic rings. The van der Waals surface area contributed by atoms with Crippen molar-refractivity contribution >= 4 is 11.7 Å². The number of hydrogen-bond acceptors (Lipinski definition) is 4. The van der Waals surface area contributed by atoms with E-state index in [2.05, 4.69) is 17.4 Å². The van der Waals surface area contributed by atoms with Crippen LogP contribution in [0.25, 0.3) is 0 Å². The number of aromatic carboxylic acids is 1. The lowest BCUT2D eigenvalue weighted by Gasteiger charge is -2.44. The van der Waals surface area contributed by atoms with Crippen molar-refractivity contribution < 1.29 is 14.6 Å². The molecule has 0 unspecified atom stereocenters. The number of ether oxygens (including phenoxy) is 1. The fourth-order valence-electron chi connectivity index (χ4n) is 5.92. The zero-order valence-corrected chi connectivity index (χ0v) is 14.8. The molecule has 3 aliphatic rings. The molecule has 0 radical (unpaired) electrons. The van der Waals surface area contributed by atoms with Crippen LogP contribution in [0.2, 0.25) is 0 Å². The third kappa shape index (κ3) is 2.11. The van der Waals surface area contributed by atoms with Crippen molar-refractivity contribution in [3.8, 4) is 5.75 Å². The van der Waals surface area contributed by atoms with Crippen molar-refractivity contribution in [2.75, 3.05) is 12.4 Å². The predicted molar refractivity (Wildman–Crippen MR) is 97.2 cm³/mol. The van der Waals surface area contributed by atoms with Crippen LogP contribution < -0.4 is 15.2 Å². The molecular formula is C22H22NO3-. The number of para-hydroxylation sites is 2. The van der Waals surface area contributed by atoms with Crippen LogP contribution in [-0.2, 0) is 0 Å². The molecule has 2 aromatic carbocycles. The summed E-state index contributed by atoms with van der Waals surface area (Å²) in [5, 5.41) is 15.3. The van der Waals surface area contributed by atoms with E-state index in [4.69, 9.17) is 4.74 Å². The van der Waals surface area contributed by atoms with Crippen LogP contribution in [0.1, 0.15) is 52.7 Å². The van der Waals surface area contributed by atoms with Gasteiger partial charge in [-0.2, -0.15) is 0 Å². The topological polar surface area (TPSA) is 61.4 Å². The van der Waals surface area contributed by atoms with Gasteiger partial charge >= 0.3 is 0 Å². The van der Waals surface area contributed by atoms with E-state index in [-0.39, 0.29) is 11.6 Å². The Hall–Kier alpha value is -2.49. The number of benzene rings is 2. The number of carboxylic acids is 1. The summed E-state index contributed by atoms with van der Waals surface area (Å²) in [6.45, 7) is 0. The van der Waals surface area contributed by atoms with Gasteiger partial charge in [-0.15, -0.1) is 0 Å². The van der Waals surface area contributed by atoms with Crippen molar-refractivity contribution in [3.05, 3.63) is 59.2 Å². The number of carbonyl (C=O) groups is 1. The summed E-state index contributed by atoms with van der Waals surface area (Å²) in [6, 6.07) is 13.8. The van der Waals surface area contributed by atoms with Gasteiger partial charge in [0.1, 0.15) is 5.75 Å². The largest absolute Gasteiger partial charge is 0.545 e. The number of rotatable bonds is 3. The summed E-state index contributed by atoms with van der Waals surface area (Å²) in [7, 11) is 1.69. The molecule has 2 saturated carbocycles. The molecule has 26 heavy (non-hydrogen) atoms. The molecule has 1 aliphatic heterocycles. The first kappa shape index (κ1) is 15.7. The molecule has 1 heterocycles. The van der Waals surface area contributed by atoms with Crippen LogP contribution in [0.3, 0.4) is 0 Å². The predicted octanol–water partition coefficient (Wildman–Crippen LogP) is 3.36. The van der Waals surface area contributed by atoms with Crippen molar-refractivity contribution in [3.63, 3.8) is 0 Å². The SMILES string of the molecule is COc1ccccc1[C@@H]1Nc2c(C(=O)[O-])cccc2[C@H]2[C@H]3CC[C@@H](C3)[C@@H]21. The van der Waals surface area contributed by atoms with Gasteiger partial charge in [-0.3, -0.25) is 0 Å². The van der Waals surface area contributed by atoms with Crippen LogP contribution >= 0.6 is 0 Å². The first-order valence-electron chi connectivity index (χ1n) is 9.42. The molecule has 1 N–H and O–H groups in total. The van der Waals surface area contributed by atoms with Gasteiger partial charge in [-0.25, -0.2) is 0 Å². The zero-order chi connectivity index (χ0) is 17.8. The fraction of sp³-hybridized carbons (Fsp3) is 0.409. The van der Waals surface area contributed by atoms with Crippen LogP contribution in [0, 0.1) is 17.8 Å². The highest BCUT2D eigenvalue weighted by Crippen LogP contribution is 2.64. The summed E-state index contributed by atoms with van der Waals surface area (Å²) in [4.78, 5) is 11.7. The van der Waals surface area contributed by atoms with Gasteiger partial charge in [0, 0.05) is 16.8 Å². The number of fused-ring (bicyclic) bond motifs is 7. The average molecular weight is 348 g/mol. The molecule has 2 bridgehead atoms. The van der Waals surface area contributed by atoms with E-state index in [1.807, 2.05) is 24.3 Å². The molecule has 5 rings (SSSR count). The standard InChI is InChI=1S/C22H23NO3/c1-26-17-8-3-2-5-14(17)21-19-13-10-9-12(11-13)18(19)15-6-4-7-16(22(24)25)20(15)23-21/h2-8,12-13,18-19,21,23H,9-11H2,1H3,(H,24,25)/p-1/t12-,13-,18+,19-,21-/m0/s1. The second kappa shape index (κ2) is 5.76. The molecule has 2 aliphatic carbocycles. The van der Waals surface area contributed by atoms with E-state index in [1.165, 1.54) is 19.3 Å². The Kier molecular flexibility index (Phi) is 3.49. The summed E-state index contributed by atoms with van der Waals surface area (Å²) in [6.07, 6.45) is 3.77.